The summed E-state index contributed by atoms with van der Waals surface area (Å²) in [4.78, 5) is 13.4. The highest BCUT2D eigenvalue weighted by atomic mass is 79.9. The first kappa shape index (κ1) is 14.0. The lowest BCUT2D eigenvalue weighted by atomic mass is 9.79. The Morgan fingerprint density at radius 2 is 2.22 bits per heavy atom. The zero-order valence-corrected chi connectivity index (χ0v) is 12.7. The van der Waals surface area contributed by atoms with Crippen molar-refractivity contribution in [3.05, 3.63) is 20.8 Å². The molecule has 2 atom stereocenters. The van der Waals surface area contributed by atoms with Crippen molar-refractivity contribution in [3.8, 4) is 0 Å². The van der Waals surface area contributed by atoms with Gasteiger partial charge in [-0.15, -0.1) is 11.3 Å². The van der Waals surface area contributed by atoms with Gasteiger partial charge in [0.05, 0.1) is 10.3 Å². The molecule has 0 aliphatic heterocycles. The Morgan fingerprint density at radius 3 is 2.89 bits per heavy atom. The van der Waals surface area contributed by atoms with Crippen molar-refractivity contribution in [2.75, 3.05) is 6.54 Å². The van der Waals surface area contributed by atoms with Gasteiger partial charge in [0.1, 0.15) is 0 Å². The summed E-state index contributed by atoms with van der Waals surface area (Å²) in [7, 11) is 0. The quantitative estimate of drug-likeness (QED) is 0.891. The second kappa shape index (κ2) is 6.68. The average molecular weight is 331 g/mol. The average Bonchev–Trinajstić information content (AvgIpc) is 2.81. The van der Waals surface area contributed by atoms with Crippen molar-refractivity contribution in [1.82, 2.24) is 5.32 Å². The minimum Gasteiger partial charge on any atom is -0.351 e. The van der Waals surface area contributed by atoms with Gasteiger partial charge in [0, 0.05) is 10.8 Å². The molecule has 18 heavy (non-hydrogen) atoms. The number of halogens is 1. The van der Waals surface area contributed by atoms with Gasteiger partial charge in [-0.25, -0.2) is 0 Å². The molecule has 3 nitrogen and oxygen atoms in total. The van der Waals surface area contributed by atoms with Gasteiger partial charge in [0.15, 0.2) is 0 Å². The number of carbonyl (C=O) groups excluding carboxylic acids is 1. The van der Waals surface area contributed by atoms with Gasteiger partial charge in [-0.05, 0) is 53.4 Å². The van der Waals surface area contributed by atoms with Crippen LogP contribution in [-0.4, -0.2) is 12.5 Å². The molecule has 1 heterocycles. The van der Waals surface area contributed by atoms with Gasteiger partial charge < -0.3 is 11.1 Å². The Hall–Kier alpha value is -0.390. The predicted octanol–water partition coefficient (Wildman–Crippen LogP) is 2.89. The molecule has 1 aliphatic rings. The van der Waals surface area contributed by atoms with Gasteiger partial charge in [-0.2, -0.15) is 0 Å². The lowest BCUT2D eigenvalue weighted by Crippen LogP contribution is -2.39. The molecule has 5 heteroatoms. The van der Waals surface area contributed by atoms with E-state index in [0.717, 1.165) is 23.0 Å². The van der Waals surface area contributed by atoms with Crippen LogP contribution in [0.2, 0.25) is 0 Å². The molecule has 0 saturated heterocycles. The molecule has 0 spiro atoms. The van der Waals surface area contributed by atoms with E-state index in [-0.39, 0.29) is 11.8 Å². The fourth-order valence-corrected chi connectivity index (χ4v) is 4.01. The SMILES string of the molecule is NCC1CCCCC1C(=O)NCc1ccc(Br)s1. The molecular formula is C13H19BrN2OS. The molecule has 3 N–H and O–H groups in total. The lowest BCUT2D eigenvalue weighted by Gasteiger charge is -2.29. The van der Waals surface area contributed by atoms with Gasteiger partial charge in [-0.1, -0.05) is 12.8 Å². The number of hydrogen-bond acceptors (Lipinski definition) is 3. The Morgan fingerprint density at radius 1 is 1.44 bits per heavy atom. The third-order valence-corrected chi connectivity index (χ3v) is 5.24. The first-order valence-electron chi connectivity index (χ1n) is 6.42. The van der Waals surface area contributed by atoms with Crippen LogP contribution in [-0.2, 0) is 11.3 Å². The van der Waals surface area contributed by atoms with Crippen LogP contribution in [0.15, 0.2) is 15.9 Å². The Labute approximate surface area is 120 Å². The van der Waals surface area contributed by atoms with E-state index in [1.807, 2.05) is 12.1 Å². The summed E-state index contributed by atoms with van der Waals surface area (Å²) in [6, 6.07) is 4.05. The first-order chi connectivity index (χ1) is 8.70. The van der Waals surface area contributed by atoms with Crippen LogP contribution >= 0.6 is 27.3 Å². The molecule has 1 aromatic rings. The lowest BCUT2D eigenvalue weighted by molar-refractivity contribution is -0.127. The molecule has 0 aromatic carbocycles. The highest BCUT2D eigenvalue weighted by molar-refractivity contribution is 9.11. The van der Waals surface area contributed by atoms with Gasteiger partial charge in [0.2, 0.25) is 5.91 Å². The zero-order valence-electron chi connectivity index (χ0n) is 10.3. The summed E-state index contributed by atoms with van der Waals surface area (Å²) < 4.78 is 1.10. The maximum absolute atomic E-state index is 12.2. The molecule has 2 unspecified atom stereocenters. The van der Waals surface area contributed by atoms with Gasteiger partial charge in [0.25, 0.3) is 0 Å². The molecule has 100 valence electrons. The molecule has 0 radical (unpaired) electrons. The summed E-state index contributed by atoms with van der Waals surface area (Å²) >= 11 is 5.09. The fraction of sp³-hybridized carbons (Fsp3) is 0.615. The van der Waals surface area contributed by atoms with Crippen LogP contribution in [0.4, 0.5) is 0 Å². The van der Waals surface area contributed by atoms with Crippen LogP contribution < -0.4 is 11.1 Å². The Balaban J connectivity index is 1.86. The second-order valence-corrected chi connectivity index (χ2v) is 7.36. The summed E-state index contributed by atoms with van der Waals surface area (Å²) in [5.74, 6) is 0.663. The van der Waals surface area contributed by atoms with Crippen LogP contribution in [0.5, 0.6) is 0 Å². The van der Waals surface area contributed by atoms with Crippen LogP contribution in [0.25, 0.3) is 0 Å². The topological polar surface area (TPSA) is 55.1 Å². The minimum atomic E-state index is 0.118. The number of nitrogens with two attached hydrogens (primary N) is 1. The van der Waals surface area contributed by atoms with E-state index in [1.54, 1.807) is 11.3 Å². The van der Waals surface area contributed by atoms with Crippen LogP contribution in [0.3, 0.4) is 0 Å². The zero-order chi connectivity index (χ0) is 13.0. The molecule has 1 aromatic heterocycles. The standard InChI is InChI=1S/C13H19BrN2OS/c14-12-6-5-10(18-12)8-16-13(17)11-4-2-1-3-9(11)7-15/h5-6,9,11H,1-4,7-8,15H2,(H,16,17). The number of carbonyl (C=O) groups is 1. The maximum atomic E-state index is 12.2. The first-order valence-corrected chi connectivity index (χ1v) is 8.03. The van der Waals surface area contributed by atoms with E-state index >= 15 is 0 Å². The fourth-order valence-electron chi connectivity index (χ4n) is 2.59. The second-order valence-electron chi connectivity index (χ2n) is 4.81. The van der Waals surface area contributed by atoms with Crippen molar-refractivity contribution in [2.24, 2.45) is 17.6 Å². The van der Waals surface area contributed by atoms with Crippen LogP contribution in [0.1, 0.15) is 30.6 Å². The summed E-state index contributed by atoms with van der Waals surface area (Å²) in [6.45, 7) is 1.26. The Bertz CT molecular complexity index is 407. The van der Waals surface area contributed by atoms with Crippen molar-refractivity contribution >= 4 is 33.2 Å². The monoisotopic (exact) mass is 330 g/mol. The van der Waals surface area contributed by atoms with Crippen molar-refractivity contribution in [2.45, 2.75) is 32.2 Å². The normalized spacial score (nSPS) is 23.9. The minimum absolute atomic E-state index is 0.118. The molecule has 1 aliphatic carbocycles. The smallest absolute Gasteiger partial charge is 0.223 e. The van der Waals surface area contributed by atoms with E-state index in [0.29, 0.717) is 19.0 Å². The number of amides is 1. The van der Waals surface area contributed by atoms with E-state index < -0.39 is 0 Å². The van der Waals surface area contributed by atoms with Crippen molar-refractivity contribution in [3.63, 3.8) is 0 Å². The third-order valence-electron chi connectivity index (χ3n) is 3.61. The number of thiophene rings is 1. The molecule has 1 saturated carbocycles. The predicted molar refractivity (Wildman–Crippen MR) is 78.4 cm³/mol. The van der Waals surface area contributed by atoms with E-state index in [9.17, 15) is 4.79 Å². The number of nitrogens with one attached hydrogen (secondary N) is 1. The van der Waals surface area contributed by atoms with Crippen molar-refractivity contribution < 1.29 is 4.79 Å². The number of rotatable bonds is 4. The highest BCUT2D eigenvalue weighted by Gasteiger charge is 2.29. The largest absolute Gasteiger partial charge is 0.351 e. The maximum Gasteiger partial charge on any atom is 0.223 e. The third kappa shape index (κ3) is 3.56. The van der Waals surface area contributed by atoms with E-state index in [1.165, 1.54) is 11.3 Å². The van der Waals surface area contributed by atoms with Gasteiger partial charge >= 0.3 is 0 Å². The summed E-state index contributed by atoms with van der Waals surface area (Å²) in [5.41, 5.74) is 5.76. The summed E-state index contributed by atoms with van der Waals surface area (Å²) in [6.07, 6.45) is 4.45. The molecule has 1 amide bonds. The molecule has 1 fully saturated rings. The highest BCUT2D eigenvalue weighted by Crippen LogP contribution is 2.29. The van der Waals surface area contributed by atoms with E-state index in [4.69, 9.17) is 5.73 Å². The van der Waals surface area contributed by atoms with Crippen molar-refractivity contribution in [1.29, 1.82) is 0 Å². The number of hydrogen-bond donors (Lipinski definition) is 2. The molecule has 2 rings (SSSR count). The van der Waals surface area contributed by atoms with Crippen LogP contribution in [0, 0.1) is 11.8 Å². The Kier molecular flexibility index (Phi) is 5.21. The summed E-state index contributed by atoms with van der Waals surface area (Å²) in [5, 5.41) is 3.04. The molecular weight excluding hydrogens is 312 g/mol. The van der Waals surface area contributed by atoms with E-state index in [2.05, 4.69) is 21.2 Å². The molecule has 0 bridgehead atoms. The van der Waals surface area contributed by atoms with Gasteiger partial charge in [-0.3, -0.25) is 4.79 Å².